The molecule has 0 aromatic rings. The Morgan fingerprint density at radius 3 is 2.64 bits per heavy atom. The number of hydrogen-bond donors (Lipinski definition) is 0. The molecule has 2 spiro atoms. The van der Waals surface area contributed by atoms with Gasteiger partial charge in [0.15, 0.2) is 0 Å². The molecule has 0 aromatic carbocycles. The van der Waals surface area contributed by atoms with E-state index >= 15 is 0 Å². The van der Waals surface area contributed by atoms with Crippen molar-refractivity contribution >= 4 is 5.91 Å². The first-order valence-electron chi connectivity index (χ1n) is 11.2. The molecule has 1 amide bonds. The Balaban J connectivity index is 1.38. The van der Waals surface area contributed by atoms with E-state index in [2.05, 4.69) is 39.6 Å². The van der Waals surface area contributed by atoms with Gasteiger partial charge in [0.2, 0.25) is 5.91 Å². The summed E-state index contributed by atoms with van der Waals surface area (Å²) in [6.45, 7) is 11.1. The fourth-order valence-electron chi connectivity index (χ4n) is 6.91. The van der Waals surface area contributed by atoms with E-state index in [0.29, 0.717) is 18.5 Å². The van der Waals surface area contributed by atoms with Crippen LogP contribution in [0.4, 0.5) is 0 Å². The smallest absolute Gasteiger partial charge is 0.219 e. The first kappa shape index (κ1) is 20.1. The van der Waals surface area contributed by atoms with Gasteiger partial charge in [-0.15, -0.1) is 0 Å². The minimum Gasteiger partial charge on any atom is -0.336 e. The Morgan fingerprint density at radius 2 is 1.96 bits per heavy atom. The van der Waals surface area contributed by atoms with E-state index in [1.165, 1.54) is 32.1 Å². The van der Waals surface area contributed by atoms with Gasteiger partial charge in [-0.3, -0.25) is 14.6 Å². The molecule has 6 nitrogen and oxygen atoms in total. The van der Waals surface area contributed by atoms with Gasteiger partial charge in [-0.1, -0.05) is 0 Å². The fraction of sp³-hybridized carbons (Fsp3) is 0.909. The average Bonchev–Trinajstić information content (AvgIpc) is 3.40. The summed E-state index contributed by atoms with van der Waals surface area (Å²) in [6.07, 6.45) is 7.16. The molecule has 4 atom stereocenters. The molecule has 0 radical (unpaired) electrons. The second kappa shape index (κ2) is 7.59. The molecule has 0 aliphatic carbocycles. The van der Waals surface area contributed by atoms with Crippen LogP contribution in [0.15, 0.2) is 0 Å². The fourth-order valence-corrected chi connectivity index (χ4v) is 6.91. The van der Waals surface area contributed by atoms with Crippen molar-refractivity contribution in [3.63, 3.8) is 0 Å². The lowest BCUT2D eigenvalue weighted by Gasteiger charge is -2.35. The maximum atomic E-state index is 12.3. The minimum atomic E-state index is 0.0895. The van der Waals surface area contributed by atoms with Crippen LogP contribution in [0.2, 0.25) is 0 Å². The average molecular weight is 388 g/mol. The predicted molar refractivity (Wildman–Crippen MR) is 110 cm³/mol. The van der Waals surface area contributed by atoms with Crippen molar-refractivity contribution in [2.24, 2.45) is 5.92 Å². The van der Waals surface area contributed by atoms with Gasteiger partial charge in [-0.2, -0.15) is 5.26 Å². The van der Waals surface area contributed by atoms with Gasteiger partial charge in [-0.05, 0) is 65.0 Å². The summed E-state index contributed by atoms with van der Waals surface area (Å²) in [5.74, 6) is 0.865. The molecular weight excluding hydrogens is 350 g/mol. The monoisotopic (exact) mass is 387 g/mol. The highest BCUT2D eigenvalue weighted by atomic mass is 16.2. The van der Waals surface area contributed by atoms with Gasteiger partial charge < -0.3 is 9.80 Å². The van der Waals surface area contributed by atoms with Crippen molar-refractivity contribution in [2.45, 2.75) is 69.5 Å². The molecule has 4 aliphatic heterocycles. The second-order valence-electron chi connectivity index (χ2n) is 10.1. The summed E-state index contributed by atoms with van der Waals surface area (Å²) in [7, 11) is 2.18. The van der Waals surface area contributed by atoms with Crippen LogP contribution in [-0.2, 0) is 4.79 Å². The minimum absolute atomic E-state index is 0.0895. The maximum absolute atomic E-state index is 12.3. The van der Waals surface area contributed by atoms with E-state index in [1.54, 1.807) is 6.92 Å². The van der Waals surface area contributed by atoms with Crippen LogP contribution < -0.4 is 0 Å². The zero-order chi connectivity index (χ0) is 19.9. The van der Waals surface area contributed by atoms with Crippen molar-refractivity contribution in [1.29, 1.82) is 5.26 Å². The van der Waals surface area contributed by atoms with Crippen molar-refractivity contribution in [2.75, 3.05) is 52.9 Å². The number of rotatable bonds is 4. The highest BCUT2D eigenvalue weighted by Crippen LogP contribution is 2.43. The highest BCUT2D eigenvalue weighted by Gasteiger charge is 2.51. The first-order chi connectivity index (χ1) is 13.4. The topological polar surface area (TPSA) is 53.8 Å². The van der Waals surface area contributed by atoms with Crippen LogP contribution in [0.25, 0.3) is 0 Å². The molecule has 156 valence electrons. The molecule has 0 saturated carbocycles. The zero-order valence-electron chi connectivity index (χ0n) is 18.0. The van der Waals surface area contributed by atoms with Crippen LogP contribution in [0.1, 0.15) is 52.4 Å². The van der Waals surface area contributed by atoms with Crippen LogP contribution >= 0.6 is 0 Å². The SMILES string of the molecule is CC(=O)N1CC(CC(C)N2CCC3(CCCN3CC#N)C2)CC12CCN(C)C2. The summed E-state index contributed by atoms with van der Waals surface area (Å²) in [5, 5.41) is 9.18. The van der Waals surface area contributed by atoms with Crippen molar-refractivity contribution in [3.05, 3.63) is 0 Å². The normalized spacial score (nSPS) is 38.1. The molecule has 28 heavy (non-hydrogen) atoms. The molecule has 4 aliphatic rings. The lowest BCUT2D eigenvalue weighted by atomic mass is 9.88. The second-order valence-corrected chi connectivity index (χ2v) is 10.1. The van der Waals surface area contributed by atoms with Gasteiger partial charge >= 0.3 is 0 Å². The van der Waals surface area contributed by atoms with E-state index in [-0.39, 0.29) is 17.0 Å². The lowest BCUT2D eigenvalue weighted by Crippen LogP contribution is -2.48. The van der Waals surface area contributed by atoms with Crippen LogP contribution in [-0.4, -0.2) is 95.5 Å². The Kier molecular flexibility index (Phi) is 5.45. The molecular formula is C22H37N5O. The first-order valence-corrected chi connectivity index (χ1v) is 11.2. The number of hydrogen-bond acceptors (Lipinski definition) is 5. The number of likely N-dealkylation sites (tertiary alicyclic amines) is 4. The zero-order valence-corrected chi connectivity index (χ0v) is 18.0. The van der Waals surface area contributed by atoms with Gasteiger partial charge in [-0.25, -0.2) is 0 Å². The maximum Gasteiger partial charge on any atom is 0.219 e. The largest absolute Gasteiger partial charge is 0.336 e. The molecule has 4 unspecified atom stereocenters. The van der Waals surface area contributed by atoms with E-state index in [1.807, 2.05) is 0 Å². The molecule has 4 fully saturated rings. The molecule has 4 rings (SSSR count). The molecule has 4 saturated heterocycles. The van der Waals surface area contributed by atoms with Crippen molar-refractivity contribution in [1.82, 2.24) is 19.6 Å². The number of carbonyl (C=O) groups excluding carboxylic acids is 1. The number of likely N-dealkylation sites (N-methyl/N-ethyl adjacent to an activating group) is 1. The van der Waals surface area contributed by atoms with Gasteiger partial charge in [0, 0.05) is 51.2 Å². The van der Waals surface area contributed by atoms with E-state index in [4.69, 9.17) is 0 Å². The third-order valence-electron chi connectivity index (χ3n) is 8.25. The third-order valence-corrected chi connectivity index (χ3v) is 8.25. The predicted octanol–water partition coefficient (Wildman–Crippen LogP) is 1.77. The summed E-state index contributed by atoms with van der Waals surface area (Å²) < 4.78 is 0. The summed E-state index contributed by atoms with van der Waals surface area (Å²) in [4.78, 5) is 22.0. The summed E-state index contributed by atoms with van der Waals surface area (Å²) in [6, 6.07) is 2.93. The molecule has 6 heteroatoms. The summed E-state index contributed by atoms with van der Waals surface area (Å²) in [5.41, 5.74) is 0.340. The third kappa shape index (κ3) is 3.46. The van der Waals surface area contributed by atoms with Crippen molar-refractivity contribution < 1.29 is 4.79 Å². The Morgan fingerprint density at radius 1 is 1.18 bits per heavy atom. The number of amides is 1. The molecule has 0 bridgehead atoms. The Labute approximate surface area is 170 Å². The van der Waals surface area contributed by atoms with Crippen molar-refractivity contribution in [3.8, 4) is 6.07 Å². The molecule has 0 N–H and O–H groups in total. The van der Waals surface area contributed by atoms with E-state index in [0.717, 1.165) is 45.7 Å². The van der Waals surface area contributed by atoms with Crippen LogP contribution in [0.3, 0.4) is 0 Å². The quantitative estimate of drug-likeness (QED) is 0.688. The number of nitriles is 1. The van der Waals surface area contributed by atoms with Crippen LogP contribution in [0, 0.1) is 17.2 Å². The van der Waals surface area contributed by atoms with E-state index < -0.39 is 0 Å². The Hall–Kier alpha value is -1.16. The van der Waals surface area contributed by atoms with Gasteiger partial charge in [0.25, 0.3) is 0 Å². The molecule has 0 aromatic heterocycles. The van der Waals surface area contributed by atoms with Crippen LogP contribution in [0.5, 0.6) is 0 Å². The molecule has 4 heterocycles. The Bertz CT molecular complexity index is 647. The summed E-state index contributed by atoms with van der Waals surface area (Å²) >= 11 is 0. The van der Waals surface area contributed by atoms with Gasteiger partial charge in [0.05, 0.1) is 18.2 Å². The highest BCUT2D eigenvalue weighted by molar-refractivity contribution is 5.74. The number of carbonyl (C=O) groups is 1. The van der Waals surface area contributed by atoms with E-state index in [9.17, 15) is 10.1 Å². The lowest BCUT2D eigenvalue weighted by molar-refractivity contribution is -0.132. The standard InChI is InChI=1S/C22H37N5O/c1-18(25-11-7-21(17-25)5-4-9-26(21)12-8-23)13-20-14-22(6-10-24(3)16-22)27(15-20)19(2)28/h18,20H,4-7,9-17H2,1-3H3. The number of nitrogens with zero attached hydrogens (tertiary/aromatic N) is 5. The van der Waals surface area contributed by atoms with Gasteiger partial charge in [0.1, 0.15) is 0 Å².